The topological polar surface area (TPSA) is 84.5 Å². The number of anilines is 1. The van der Waals surface area contributed by atoms with E-state index in [9.17, 15) is 13.2 Å². The fourth-order valence-corrected chi connectivity index (χ4v) is 3.73. The lowest BCUT2D eigenvalue weighted by atomic mass is 10.2. The van der Waals surface area contributed by atoms with Crippen LogP contribution in [0.5, 0.6) is 0 Å². The summed E-state index contributed by atoms with van der Waals surface area (Å²) in [5, 5.41) is 4.39. The highest BCUT2D eigenvalue weighted by Crippen LogP contribution is 2.20. The zero-order valence-corrected chi connectivity index (χ0v) is 13.5. The standard InChI is InChI=1S/C14H16N2O4S2/c1-20-9-8-15-14(17)11-4-6-12(7-5-11)16-22(18,19)13-3-2-10-21-13/h2-7,10,16H,8-9H2,1H3,(H,15,17). The number of amides is 1. The molecule has 1 aromatic carbocycles. The third-order valence-electron chi connectivity index (χ3n) is 2.75. The van der Waals surface area contributed by atoms with Crippen molar-refractivity contribution in [2.45, 2.75) is 4.21 Å². The molecule has 0 aliphatic carbocycles. The molecule has 8 heteroatoms. The molecule has 0 unspecified atom stereocenters. The molecule has 2 rings (SSSR count). The van der Waals surface area contributed by atoms with Crippen LogP contribution >= 0.6 is 11.3 Å². The van der Waals surface area contributed by atoms with E-state index >= 15 is 0 Å². The van der Waals surface area contributed by atoms with Crippen LogP contribution in [0.4, 0.5) is 5.69 Å². The number of methoxy groups -OCH3 is 1. The van der Waals surface area contributed by atoms with Crippen molar-refractivity contribution >= 4 is 33.0 Å². The van der Waals surface area contributed by atoms with Gasteiger partial charge >= 0.3 is 0 Å². The Bertz CT molecular complexity index is 710. The number of thiophene rings is 1. The van der Waals surface area contributed by atoms with Crippen molar-refractivity contribution in [2.24, 2.45) is 0 Å². The first-order valence-electron chi connectivity index (χ1n) is 6.46. The Balaban J connectivity index is 2.02. The molecular formula is C14H16N2O4S2. The van der Waals surface area contributed by atoms with E-state index < -0.39 is 10.0 Å². The van der Waals surface area contributed by atoms with Crippen LogP contribution in [-0.2, 0) is 14.8 Å². The number of hydrogen-bond acceptors (Lipinski definition) is 5. The minimum Gasteiger partial charge on any atom is -0.383 e. The average Bonchev–Trinajstić information content (AvgIpc) is 3.03. The summed E-state index contributed by atoms with van der Waals surface area (Å²) in [5.41, 5.74) is 0.858. The van der Waals surface area contributed by atoms with E-state index in [1.807, 2.05) is 0 Å². The van der Waals surface area contributed by atoms with Gasteiger partial charge in [0.05, 0.1) is 6.61 Å². The molecule has 0 radical (unpaired) electrons. The Morgan fingerprint density at radius 2 is 1.95 bits per heavy atom. The highest BCUT2D eigenvalue weighted by atomic mass is 32.2. The van der Waals surface area contributed by atoms with E-state index in [0.29, 0.717) is 24.4 Å². The third kappa shape index (κ3) is 4.30. The highest BCUT2D eigenvalue weighted by Gasteiger charge is 2.15. The highest BCUT2D eigenvalue weighted by molar-refractivity contribution is 7.94. The zero-order valence-electron chi connectivity index (χ0n) is 11.9. The second-order valence-corrected chi connectivity index (χ2v) is 7.22. The van der Waals surface area contributed by atoms with Crippen molar-refractivity contribution in [2.75, 3.05) is 25.0 Å². The van der Waals surface area contributed by atoms with E-state index in [4.69, 9.17) is 4.74 Å². The van der Waals surface area contributed by atoms with Crippen LogP contribution in [0.25, 0.3) is 0 Å². The molecule has 0 bridgehead atoms. The fraction of sp³-hybridized carbons (Fsp3) is 0.214. The van der Waals surface area contributed by atoms with Gasteiger partial charge < -0.3 is 10.1 Å². The monoisotopic (exact) mass is 340 g/mol. The summed E-state index contributed by atoms with van der Waals surface area (Å²) in [4.78, 5) is 11.8. The predicted molar refractivity (Wildman–Crippen MR) is 85.8 cm³/mol. The number of carbonyl (C=O) groups is 1. The summed E-state index contributed by atoms with van der Waals surface area (Å²) in [6.07, 6.45) is 0. The number of rotatable bonds is 7. The first kappa shape index (κ1) is 16.5. The fourth-order valence-electron chi connectivity index (χ4n) is 1.68. The molecule has 1 aromatic heterocycles. The molecule has 0 saturated carbocycles. The largest absolute Gasteiger partial charge is 0.383 e. The summed E-state index contributed by atoms with van der Waals surface area (Å²) < 4.78 is 31.7. The quantitative estimate of drug-likeness (QED) is 0.754. The van der Waals surface area contributed by atoms with Crippen molar-refractivity contribution in [3.8, 4) is 0 Å². The second-order valence-electron chi connectivity index (χ2n) is 4.36. The van der Waals surface area contributed by atoms with Gasteiger partial charge in [-0.3, -0.25) is 9.52 Å². The molecule has 6 nitrogen and oxygen atoms in total. The Morgan fingerprint density at radius 1 is 1.23 bits per heavy atom. The number of benzene rings is 1. The van der Waals surface area contributed by atoms with E-state index in [-0.39, 0.29) is 10.1 Å². The lowest BCUT2D eigenvalue weighted by molar-refractivity contribution is 0.0937. The number of hydrogen-bond donors (Lipinski definition) is 2. The molecule has 118 valence electrons. The van der Waals surface area contributed by atoms with E-state index in [0.717, 1.165) is 11.3 Å². The minimum atomic E-state index is -3.57. The maximum absolute atomic E-state index is 12.1. The summed E-state index contributed by atoms with van der Waals surface area (Å²) in [6.45, 7) is 0.854. The molecule has 2 N–H and O–H groups in total. The van der Waals surface area contributed by atoms with Crippen LogP contribution in [0.1, 0.15) is 10.4 Å². The molecule has 22 heavy (non-hydrogen) atoms. The van der Waals surface area contributed by atoms with Crippen molar-refractivity contribution < 1.29 is 17.9 Å². The average molecular weight is 340 g/mol. The molecule has 0 aliphatic heterocycles. The molecule has 1 heterocycles. The van der Waals surface area contributed by atoms with Crippen molar-refractivity contribution in [1.29, 1.82) is 0 Å². The minimum absolute atomic E-state index is 0.232. The van der Waals surface area contributed by atoms with Gasteiger partial charge in [0.2, 0.25) is 0 Å². The van der Waals surface area contributed by atoms with E-state index in [1.165, 1.54) is 6.07 Å². The van der Waals surface area contributed by atoms with Crippen molar-refractivity contribution in [1.82, 2.24) is 5.32 Å². The molecule has 0 saturated heterocycles. The van der Waals surface area contributed by atoms with Gasteiger partial charge in [-0.15, -0.1) is 11.3 Å². The third-order valence-corrected chi connectivity index (χ3v) is 5.53. The van der Waals surface area contributed by atoms with Crippen molar-refractivity contribution in [3.63, 3.8) is 0 Å². The van der Waals surface area contributed by atoms with Crippen LogP contribution in [0.15, 0.2) is 46.0 Å². The van der Waals surface area contributed by atoms with Gasteiger partial charge in [0.15, 0.2) is 0 Å². The molecule has 1 amide bonds. The van der Waals surface area contributed by atoms with Gasteiger partial charge in [0.25, 0.3) is 15.9 Å². The van der Waals surface area contributed by atoms with Gasteiger partial charge in [-0.1, -0.05) is 6.07 Å². The lowest BCUT2D eigenvalue weighted by Gasteiger charge is -2.08. The smallest absolute Gasteiger partial charge is 0.271 e. The number of ether oxygens (including phenoxy) is 1. The molecule has 2 aromatic rings. The predicted octanol–water partition coefficient (Wildman–Crippen LogP) is 1.93. The molecule has 0 atom stereocenters. The Morgan fingerprint density at radius 3 is 2.55 bits per heavy atom. The van der Waals surface area contributed by atoms with Crippen LogP contribution in [0.3, 0.4) is 0 Å². The number of sulfonamides is 1. The molecular weight excluding hydrogens is 324 g/mol. The molecule has 0 spiro atoms. The maximum Gasteiger partial charge on any atom is 0.271 e. The summed E-state index contributed by atoms with van der Waals surface area (Å²) in [7, 11) is -2.01. The van der Waals surface area contributed by atoms with Crippen LogP contribution in [0, 0.1) is 0 Å². The normalized spacial score (nSPS) is 11.1. The van der Waals surface area contributed by atoms with Crippen LogP contribution < -0.4 is 10.0 Å². The summed E-state index contributed by atoms with van der Waals surface area (Å²) in [5.74, 6) is -0.232. The van der Waals surface area contributed by atoms with Crippen LogP contribution in [0.2, 0.25) is 0 Å². The number of nitrogens with one attached hydrogen (secondary N) is 2. The Labute approximate surface area is 133 Å². The van der Waals surface area contributed by atoms with Gasteiger partial charge in [-0.05, 0) is 35.7 Å². The molecule has 0 aliphatic rings. The number of carbonyl (C=O) groups excluding carboxylic acids is 1. The van der Waals surface area contributed by atoms with Gasteiger partial charge in [-0.25, -0.2) is 8.42 Å². The SMILES string of the molecule is COCCNC(=O)c1ccc(NS(=O)(=O)c2cccs2)cc1. The van der Waals surface area contributed by atoms with Crippen LogP contribution in [-0.4, -0.2) is 34.6 Å². The Hall–Kier alpha value is -1.90. The Kier molecular flexibility index (Phi) is 5.53. The lowest BCUT2D eigenvalue weighted by Crippen LogP contribution is -2.26. The van der Waals surface area contributed by atoms with Crippen molar-refractivity contribution in [3.05, 3.63) is 47.3 Å². The zero-order chi connectivity index (χ0) is 16.0. The summed E-state index contributed by atoms with van der Waals surface area (Å²) in [6, 6.07) is 9.44. The van der Waals surface area contributed by atoms with Gasteiger partial charge in [0, 0.05) is 24.9 Å². The first-order chi connectivity index (χ1) is 10.5. The van der Waals surface area contributed by atoms with Gasteiger partial charge in [-0.2, -0.15) is 0 Å². The molecule has 0 fully saturated rings. The van der Waals surface area contributed by atoms with Gasteiger partial charge in [0.1, 0.15) is 4.21 Å². The van der Waals surface area contributed by atoms with E-state index in [1.54, 1.807) is 42.8 Å². The van der Waals surface area contributed by atoms with E-state index in [2.05, 4.69) is 10.0 Å². The maximum atomic E-state index is 12.1. The summed E-state index contributed by atoms with van der Waals surface area (Å²) >= 11 is 1.14. The first-order valence-corrected chi connectivity index (χ1v) is 8.83. The second kappa shape index (κ2) is 7.39.